The molecule has 0 aliphatic carbocycles. The van der Waals surface area contributed by atoms with Crippen LogP contribution >= 0.6 is 0 Å². The van der Waals surface area contributed by atoms with Gasteiger partial charge in [-0.3, -0.25) is 9.59 Å². The van der Waals surface area contributed by atoms with Crippen LogP contribution in [0.3, 0.4) is 0 Å². The molecule has 1 fully saturated rings. The van der Waals surface area contributed by atoms with Gasteiger partial charge in [0.05, 0.1) is 25.3 Å². The van der Waals surface area contributed by atoms with E-state index < -0.39 is 17.7 Å². The van der Waals surface area contributed by atoms with Gasteiger partial charge in [0, 0.05) is 19.2 Å². The first-order valence-corrected chi connectivity index (χ1v) is 9.86. The minimum Gasteiger partial charge on any atom is -0.507 e. The molecule has 0 unspecified atom stereocenters. The number of carbonyl (C=O) groups is 2. The molecule has 0 saturated carbocycles. The van der Waals surface area contributed by atoms with Crippen molar-refractivity contribution in [1.82, 2.24) is 4.90 Å². The Morgan fingerprint density at radius 3 is 2.45 bits per heavy atom. The number of aliphatic hydroxyl groups excluding tert-OH is 1. The minimum atomic E-state index is -0.755. The van der Waals surface area contributed by atoms with Gasteiger partial charge in [-0.15, -0.1) is 0 Å². The smallest absolute Gasteiger partial charge is 0.295 e. The summed E-state index contributed by atoms with van der Waals surface area (Å²) in [6.45, 7) is 1.30. The number of amides is 1. The van der Waals surface area contributed by atoms with Gasteiger partial charge in [-0.2, -0.15) is 0 Å². The van der Waals surface area contributed by atoms with Crippen molar-refractivity contribution in [2.24, 2.45) is 0 Å². The number of ketones is 1. The first-order chi connectivity index (χ1) is 15.0. The van der Waals surface area contributed by atoms with Gasteiger partial charge in [0.25, 0.3) is 11.7 Å². The molecule has 4 rings (SSSR count). The zero-order chi connectivity index (χ0) is 22.0. The summed E-state index contributed by atoms with van der Waals surface area (Å²) in [5.74, 6) is -0.0123. The number of likely N-dealkylation sites (tertiary alicyclic amines) is 1. The maximum atomic E-state index is 13.0. The molecule has 0 radical (unpaired) electrons. The Hall–Kier alpha value is -3.52. The van der Waals surface area contributed by atoms with Crippen LogP contribution in [0, 0.1) is 0 Å². The molecule has 2 aromatic carbocycles. The highest BCUT2D eigenvalue weighted by Crippen LogP contribution is 2.41. The molecule has 0 aromatic heterocycles. The quantitative estimate of drug-likeness (QED) is 0.432. The standard InChI is InChI=1S/C23H23NO7/c1-28-10-9-24-20(14-3-6-16(29-2)7-4-14)19(22(26)23(24)27)21(25)15-5-8-17-18(13-15)31-12-11-30-17/h3-8,13,20,25H,9-12H2,1-2H3/b21-19+/t20-/m0/s1. The summed E-state index contributed by atoms with van der Waals surface area (Å²) in [6.07, 6.45) is 0. The zero-order valence-corrected chi connectivity index (χ0v) is 17.3. The first kappa shape index (κ1) is 20.7. The molecule has 1 amide bonds. The lowest BCUT2D eigenvalue weighted by Gasteiger charge is -2.25. The Kier molecular flexibility index (Phi) is 5.81. The highest BCUT2D eigenvalue weighted by Gasteiger charge is 2.45. The molecule has 0 bridgehead atoms. The number of hydrogen-bond acceptors (Lipinski definition) is 7. The fourth-order valence-electron chi connectivity index (χ4n) is 3.78. The van der Waals surface area contributed by atoms with Gasteiger partial charge < -0.3 is 29.0 Å². The van der Waals surface area contributed by atoms with E-state index in [0.29, 0.717) is 41.6 Å². The average Bonchev–Trinajstić information content (AvgIpc) is 3.06. The molecule has 1 atom stereocenters. The van der Waals surface area contributed by atoms with E-state index in [-0.39, 0.29) is 24.5 Å². The minimum absolute atomic E-state index is 0.0166. The van der Waals surface area contributed by atoms with E-state index in [0.717, 1.165) is 0 Å². The number of hydrogen-bond donors (Lipinski definition) is 1. The molecule has 162 valence electrons. The largest absolute Gasteiger partial charge is 0.507 e. The van der Waals surface area contributed by atoms with Crippen LogP contribution in [0.25, 0.3) is 5.76 Å². The molecule has 2 aliphatic heterocycles. The Labute approximate surface area is 179 Å². The topological polar surface area (TPSA) is 94.5 Å². The molecule has 31 heavy (non-hydrogen) atoms. The third kappa shape index (κ3) is 3.82. The Balaban J connectivity index is 1.81. The molecular formula is C23H23NO7. The van der Waals surface area contributed by atoms with Gasteiger partial charge in [0.1, 0.15) is 24.7 Å². The Morgan fingerprint density at radius 1 is 1.06 bits per heavy atom. The predicted octanol–water partition coefficient (Wildman–Crippen LogP) is 2.53. The molecule has 1 N–H and O–H groups in total. The summed E-state index contributed by atoms with van der Waals surface area (Å²) < 4.78 is 21.4. The second-order valence-electron chi connectivity index (χ2n) is 7.12. The zero-order valence-electron chi connectivity index (χ0n) is 17.3. The van der Waals surface area contributed by atoms with Crippen molar-refractivity contribution in [1.29, 1.82) is 0 Å². The van der Waals surface area contributed by atoms with Gasteiger partial charge in [0.2, 0.25) is 0 Å². The van der Waals surface area contributed by atoms with Crippen molar-refractivity contribution in [3.8, 4) is 17.2 Å². The molecule has 2 aliphatic rings. The van der Waals surface area contributed by atoms with Crippen molar-refractivity contribution in [2.75, 3.05) is 40.6 Å². The number of fused-ring (bicyclic) bond motifs is 1. The van der Waals surface area contributed by atoms with Crippen LogP contribution in [0.15, 0.2) is 48.0 Å². The number of ether oxygens (including phenoxy) is 4. The van der Waals surface area contributed by atoms with E-state index in [1.165, 1.54) is 12.0 Å². The Morgan fingerprint density at radius 2 is 1.77 bits per heavy atom. The van der Waals surface area contributed by atoms with Crippen LogP contribution in [0.2, 0.25) is 0 Å². The molecule has 0 spiro atoms. The van der Waals surface area contributed by atoms with Crippen LogP contribution in [0.5, 0.6) is 17.2 Å². The van der Waals surface area contributed by atoms with Gasteiger partial charge in [0.15, 0.2) is 11.5 Å². The first-order valence-electron chi connectivity index (χ1n) is 9.86. The number of aliphatic hydroxyl groups is 1. The van der Waals surface area contributed by atoms with E-state index in [1.807, 2.05) is 0 Å². The SMILES string of the molecule is COCCN1C(=O)C(=O)/C(=C(/O)c2ccc3c(c2)OCCO3)[C@@H]1c1ccc(OC)cc1. The normalized spacial score (nSPS) is 19.5. The fraction of sp³-hybridized carbons (Fsp3) is 0.304. The maximum Gasteiger partial charge on any atom is 0.295 e. The van der Waals surface area contributed by atoms with E-state index in [9.17, 15) is 14.7 Å². The third-order valence-electron chi connectivity index (χ3n) is 5.32. The van der Waals surface area contributed by atoms with Gasteiger partial charge in [-0.05, 0) is 35.9 Å². The lowest BCUT2D eigenvalue weighted by molar-refractivity contribution is -0.140. The number of carbonyl (C=O) groups excluding carboxylic acids is 2. The van der Waals surface area contributed by atoms with Crippen LogP contribution in [-0.2, 0) is 14.3 Å². The molecular weight excluding hydrogens is 402 g/mol. The summed E-state index contributed by atoms with van der Waals surface area (Å²) in [6, 6.07) is 11.2. The third-order valence-corrected chi connectivity index (χ3v) is 5.32. The maximum absolute atomic E-state index is 13.0. The van der Waals surface area contributed by atoms with Gasteiger partial charge in [-0.25, -0.2) is 0 Å². The summed E-state index contributed by atoms with van der Waals surface area (Å²) in [7, 11) is 3.08. The fourth-order valence-corrected chi connectivity index (χ4v) is 3.78. The van der Waals surface area contributed by atoms with Crippen molar-refractivity contribution in [2.45, 2.75) is 6.04 Å². The Bertz CT molecular complexity index is 1030. The number of methoxy groups -OCH3 is 2. The monoisotopic (exact) mass is 425 g/mol. The van der Waals surface area contributed by atoms with Crippen LogP contribution in [0.1, 0.15) is 17.2 Å². The highest BCUT2D eigenvalue weighted by molar-refractivity contribution is 6.46. The van der Waals surface area contributed by atoms with Crippen LogP contribution < -0.4 is 14.2 Å². The molecule has 2 aromatic rings. The summed E-state index contributed by atoms with van der Waals surface area (Å²) >= 11 is 0. The van der Waals surface area contributed by atoms with E-state index >= 15 is 0 Å². The van der Waals surface area contributed by atoms with Crippen LogP contribution in [0.4, 0.5) is 0 Å². The second kappa shape index (κ2) is 8.69. The lowest BCUT2D eigenvalue weighted by Crippen LogP contribution is -2.32. The average molecular weight is 425 g/mol. The van der Waals surface area contributed by atoms with Crippen LogP contribution in [-0.4, -0.2) is 62.3 Å². The van der Waals surface area contributed by atoms with Crippen molar-refractivity contribution < 1.29 is 33.6 Å². The molecule has 1 saturated heterocycles. The van der Waals surface area contributed by atoms with Crippen molar-refractivity contribution >= 4 is 17.4 Å². The summed E-state index contributed by atoms with van der Waals surface area (Å²) in [4.78, 5) is 27.2. The summed E-state index contributed by atoms with van der Waals surface area (Å²) in [5.41, 5.74) is 1.06. The molecule has 8 heteroatoms. The summed E-state index contributed by atoms with van der Waals surface area (Å²) in [5, 5.41) is 11.1. The molecule has 2 heterocycles. The van der Waals surface area contributed by atoms with Crippen molar-refractivity contribution in [3.05, 3.63) is 59.2 Å². The number of Topliss-reactive ketones (excluding diaryl/α,β-unsaturated/α-hetero) is 1. The van der Waals surface area contributed by atoms with E-state index in [1.54, 1.807) is 49.6 Å². The molecule has 8 nitrogen and oxygen atoms in total. The van der Waals surface area contributed by atoms with Gasteiger partial charge in [-0.1, -0.05) is 12.1 Å². The van der Waals surface area contributed by atoms with E-state index in [4.69, 9.17) is 18.9 Å². The second-order valence-corrected chi connectivity index (χ2v) is 7.12. The number of rotatable bonds is 6. The predicted molar refractivity (Wildman–Crippen MR) is 111 cm³/mol. The number of nitrogens with zero attached hydrogens (tertiary/aromatic N) is 1. The highest BCUT2D eigenvalue weighted by atomic mass is 16.6. The lowest BCUT2D eigenvalue weighted by atomic mass is 9.95. The number of benzene rings is 2. The van der Waals surface area contributed by atoms with Gasteiger partial charge >= 0.3 is 0 Å². The van der Waals surface area contributed by atoms with E-state index in [2.05, 4.69) is 0 Å². The van der Waals surface area contributed by atoms with Crippen molar-refractivity contribution in [3.63, 3.8) is 0 Å².